The van der Waals surface area contributed by atoms with Gasteiger partial charge >= 0.3 is 0 Å². The molecule has 1 atom stereocenters. The van der Waals surface area contributed by atoms with Crippen molar-refractivity contribution in [2.24, 2.45) is 5.92 Å². The quantitative estimate of drug-likeness (QED) is 0.718. The van der Waals surface area contributed by atoms with Gasteiger partial charge in [-0.1, -0.05) is 60.7 Å². The van der Waals surface area contributed by atoms with Gasteiger partial charge in [0.25, 0.3) is 5.91 Å². The lowest BCUT2D eigenvalue weighted by Crippen LogP contribution is -2.46. The van der Waals surface area contributed by atoms with Gasteiger partial charge in [0.15, 0.2) is 0 Å². The molecule has 0 spiro atoms. The van der Waals surface area contributed by atoms with Gasteiger partial charge in [0.05, 0.1) is 23.8 Å². The van der Waals surface area contributed by atoms with E-state index in [1.807, 2.05) is 60.7 Å². The van der Waals surface area contributed by atoms with Crippen molar-refractivity contribution >= 4 is 11.8 Å². The number of amides is 2. The topological polar surface area (TPSA) is 62.6 Å². The number of carbonyl (C=O) groups excluding carboxylic acids is 2. The number of likely N-dealkylation sites (tertiary alicyclic amines) is 1. The van der Waals surface area contributed by atoms with Crippen LogP contribution in [0.1, 0.15) is 40.4 Å². The van der Waals surface area contributed by atoms with Crippen LogP contribution in [0.4, 0.5) is 0 Å². The summed E-state index contributed by atoms with van der Waals surface area (Å²) in [4.78, 5) is 27.5. The van der Waals surface area contributed by atoms with Crippen LogP contribution in [0.2, 0.25) is 0 Å². The van der Waals surface area contributed by atoms with Crippen molar-refractivity contribution in [3.63, 3.8) is 0 Å². The minimum Gasteiger partial charge on any atom is -0.472 e. The van der Waals surface area contributed by atoms with Crippen molar-refractivity contribution in [3.05, 3.63) is 95.9 Å². The summed E-state index contributed by atoms with van der Waals surface area (Å²) in [7, 11) is 0. The standard InChI is InChI=1S/C24H24N2O3/c27-23(20-12-7-14-26(16-20)24(28)21-13-15-29-17-21)25-22(18-8-3-1-4-9-18)19-10-5-2-6-11-19/h1-6,8-11,13,15,17,20,22H,7,12,14,16H2,(H,25,27)/t20-/m1/s1. The molecule has 29 heavy (non-hydrogen) atoms. The maximum atomic E-state index is 13.1. The molecule has 0 bridgehead atoms. The molecule has 148 valence electrons. The molecule has 5 nitrogen and oxygen atoms in total. The van der Waals surface area contributed by atoms with E-state index in [1.54, 1.807) is 11.0 Å². The van der Waals surface area contributed by atoms with Crippen LogP contribution in [0.25, 0.3) is 0 Å². The molecular weight excluding hydrogens is 364 g/mol. The lowest BCUT2D eigenvalue weighted by atomic mass is 9.94. The second kappa shape index (κ2) is 8.78. The number of hydrogen-bond donors (Lipinski definition) is 1. The largest absolute Gasteiger partial charge is 0.472 e. The van der Waals surface area contributed by atoms with E-state index in [0.29, 0.717) is 18.7 Å². The van der Waals surface area contributed by atoms with Crippen molar-refractivity contribution in [3.8, 4) is 0 Å². The predicted molar refractivity (Wildman–Crippen MR) is 110 cm³/mol. The fourth-order valence-electron chi connectivity index (χ4n) is 3.85. The lowest BCUT2D eigenvalue weighted by Gasteiger charge is -2.33. The summed E-state index contributed by atoms with van der Waals surface area (Å²) in [5.74, 6) is -0.333. The molecule has 4 rings (SSSR count). The first-order valence-electron chi connectivity index (χ1n) is 9.94. The van der Waals surface area contributed by atoms with Crippen molar-refractivity contribution in [2.75, 3.05) is 13.1 Å². The number of benzene rings is 2. The van der Waals surface area contributed by atoms with Crippen molar-refractivity contribution in [1.82, 2.24) is 10.2 Å². The third-order valence-electron chi connectivity index (χ3n) is 5.40. The molecular formula is C24H24N2O3. The number of furan rings is 1. The van der Waals surface area contributed by atoms with Crippen molar-refractivity contribution in [2.45, 2.75) is 18.9 Å². The first-order valence-corrected chi connectivity index (χ1v) is 9.94. The van der Waals surface area contributed by atoms with Crippen molar-refractivity contribution in [1.29, 1.82) is 0 Å². The molecule has 3 aromatic rings. The van der Waals surface area contributed by atoms with Crippen LogP contribution in [0.3, 0.4) is 0 Å². The first-order chi connectivity index (χ1) is 14.2. The number of hydrogen-bond acceptors (Lipinski definition) is 3. The molecule has 5 heteroatoms. The van der Waals surface area contributed by atoms with E-state index >= 15 is 0 Å². The van der Waals surface area contributed by atoms with Crippen LogP contribution in [-0.2, 0) is 4.79 Å². The molecule has 0 radical (unpaired) electrons. The second-order valence-corrected chi connectivity index (χ2v) is 7.37. The molecule has 1 aromatic heterocycles. The number of carbonyl (C=O) groups is 2. The fraction of sp³-hybridized carbons (Fsp3) is 0.250. The Labute approximate surface area is 170 Å². The number of nitrogens with one attached hydrogen (secondary N) is 1. The highest BCUT2D eigenvalue weighted by Gasteiger charge is 2.30. The Morgan fingerprint density at radius 3 is 2.21 bits per heavy atom. The summed E-state index contributed by atoms with van der Waals surface area (Å²) in [5, 5.41) is 3.22. The van der Waals surface area contributed by atoms with Crippen LogP contribution in [0.15, 0.2) is 83.7 Å². The second-order valence-electron chi connectivity index (χ2n) is 7.37. The van der Waals surface area contributed by atoms with Crippen molar-refractivity contribution < 1.29 is 14.0 Å². The molecule has 0 unspecified atom stereocenters. The highest BCUT2D eigenvalue weighted by atomic mass is 16.3. The molecule has 2 amide bonds. The molecule has 1 fully saturated rings. The maximum Gasteiger partial charge on any atom is 0.257 e. The number of piperidine rings is 1. The smallest absolute Gasteiger partial charge is 0.257 e. The van der Waals surface area contributed by atoms with Gasteiger partial charge in [-0.25, -0.2) is 0 Å². The summed E-state index contributed by atoms with van der Waals surface area (Å²) in [5.41, 5.74) is 2.60. The summed E-state index contributed by atoms with van der Waals surface area (Å²) in [6, 6.07) is 21.4. The molecule has 2 heterocycles. The third-order valence-corrected chi connectivity index (χ3v) is 5.40. The Kier molecular flexibility index (Phi) is 5.75. The highest BCUT2D eigenvalue weighted by molar-refractivity contribution is 5.94. The number of nitrogens with zero attached hydrogens (tertiary/aromatic N) is 1. The molecule has 2 aromatic carbocycles. The first kappa shape index (κ1) is 19.0. The summed E-state index contributed by atoms with van der Waals surface area (Å²) >= 11 is 0. The third kappa shape index (κ3) is 4.40. The van der Waals surface area contributed by atoms with Gasteiger partial charge in [-0.15, -0.1) is 0 Å². The summed E-state index contributed by atoms with van der Waals surface area (Å²) in [6.45, 7) is 1.08. The van der Waals surface area contributed by atoms with Crippen LogP contribution < -0.4 is 5.32 Å². The minimum atomic E-state index is -0.227. The maximum absolute atomic E-state index is 13.1. The van der Waals surface area contributed by atoms with Crippen LogP contribution >= 0.6 is 0 Å². The molecule has 1 saturated heterocycles. The monoisotopic (exact) mass is 388 g/mol. The predicted octanol–water partition coefficient (Wildman–Crippen LogP) is 4.04. The Balaban J connectivity index is 1.49. The van der Waals surface area contributed by atoms with Crippen LogP contribution in [0, 0.1) is 5.92 Å². The minimum absolute atomic E-state index is 0.0209. The average Bonchev–Trinajstić information content (AvgIpc) is 3.33. The van der Waals surface area contributed by atoms with E-state index in [9.17, 15) is 9.59 Å². The van der Waals surface area contributed by atoms with Crippen LogP contribution in [0.5, 0.6) is 0 Å². The van der Waals surface area contributed by atoms with Gasteiger partial charge in [0.1, 0.15) is 6.26 Å². The zero-order valence-corrected chi connectivity index (χ0v) is 16.2. The molecule has 1 aliphatic heterocycles. The van der Waals surface area contributed by atoms with Gasteiger partial charge < -0.3 is 14.6 Å². The zero-order chi connectivity index (χ0) is 20.1. The Bertz CT molecular complexity index is 899. The van der Waals surface area contributed by atoms with Crippen LogP contribution in [-0.4, -0.2) is 29.8 Å². The van der Waals surface area contributed by atoms with E-state index in [2.05, 4.69) is 5.32 Å². The fourth-order valence-corrected chi connectivity index (χ4v) is 3.85. The number of rotatable bonds is 5. The van der Waals surface area contributed by atoms with E-state index in [4.69, 9.17) is 4.42 Å². The summed E-state index contributed by atoms with van der Waals surface area (Å²) in [6.07, 6.45) is 4.53. The molecule has 1 aliphatic rings. The summed E-state index contributed by atoms with van der Waals surface area (Å²) < 4.78 is 5.02. The zero-order valence-electron chi connectivity index (χ0n) is 16.2. The SMILES string of the molecule is O=C(NC(c1ccccc1)c1ccccc1)[C@@H]1CCCN(C(=O)c2ccoc2)C1. The lowest BCUT2D eigenvalue weighted by molar-refractivity contribution is -0.126. The van der Waals surface area contributed by atoms with Gasteiger partial charge in [-0.2, -0.15) is 0 Å². The molecule has 0 aliphatic carbocycles. The Hall–Kier alpha value is -3.34. The van der Waals surface area contributed by atoms with Gasteiger partial charge in [0.2, 0.25) is 5.91 Å². The van der Waals surface area contributed by atoms with E-state index in [1.165, 1.54) is 12.5 Å². The highest BCUT2D eigenvalue weighted by Crippen LogP contribution is 2.25. The van der Waals surface area contributed by atoms with E-state index in [0.717, 1.165) is 24.0 Å². The Morgan fingerprint density at radius 2 is 1.62 bits per heavy atom. The van der Waals surface area contributed by atoms with Gasteiger partial charge in [-0.05, 0) is 30.0 Å². The average molecular weight is 388 g/mol. The normalized spacial score (nSPS) is 16.6. The Morgan fingerprint density at radius 1 is 0.966 bits per heavy atom. The van der Waals surface area contributed by atoms with Gasteiger partial charge in [-0.3, -0.25) is 9.59 Å². The van der Waals surface area contributed by atoms with E-state index < -0.39 is 0 Å². The van der Waals surface area contributed by atoms with E-state index in [-0.39, 0.29) is 23.8 Å². The molecule has 0 saturated carbocycles. The van der Waals surface area contributed by atoms with Gasteiger partial charge in [0, 0.05) is 13.1 Å². The molecule has 1 N–H and O–H groups in total.